The molecule has 0 spiro atoms. The maximum atomic E-state index is 13.3. The Hall–Kier alpha value is -3.93. The van der Waals surface area contributed by atoms with Crippen LogP contribution in [0.2, 0.25) is 0 Å². The number of ether oxygens (including phenoxy) is 2. The Balaban J connectivity index is 0.00000141. The second kappa shape index (κ2) is 11.0. The van der Waals surface area contributed by atoms with Gasteiger partial charge in [-0.2, -0.15) is 0 Å². The summed E-state index contributed by atoms with van der Waals surface area (Å²) in [7, 11) is 3.30. The minimum Gasteiger partial charge on any atom is -0.493 e. The molecule has 0 saturated carbocycles. The average Bonchev–Trinajstić information content (AvgIpc) is 3.17. The Labute approximate surface area is 205 Å². The fraction of sp³-hybridized carbons (Fsp3) is 0.241. The number of aliphatic imine (C=N–C) groups is 1. The van der Waals surface area contributed by atoms with Crippen LogP contribution in [0.3, 0.4) is 0 Å². The Bertz CT molecular complexity index is 1310. The SMILES string of the molecule is CC.COc1cc2c(cc1OC)-c1c(-c3ccccc3)nc(/N=C/c3ccc(F)cc3)n1CCC2. The number of methoxy groups -OCH3 is 2. The summed E-state index contributed by atoms with van der Waals surface area (Å²) in [5.41, 5.74) is 5.98. The fourth-order valence-electron chi connectivity index (χ4n) is 4.28. The van der Waals surface area contributed by atoms with Gasteiger partial charge in [0, 0.05) is 23.9 Å². The molecule has 0 amide bonds. The molecule has 2 heterocycles. The van der Waals surface area contributed by atoms with Crippen LogP contribution >= 0.6 is 0 Å². The van der Waals surface area contributed by atoms with E-state index in [1.54, 1.807) is 32.6 Å². The molecule has 0 N–H and O–H groups in total. The summed E-state index contributed by atoms with van der Waals surface area (Å²) in [5.74, 6) is 1.76. The Morgan fingerprint density at radius 1 is 0.943 bits per heavy atom. The van der Waals surface area contributed by atoms with Crippen molar-refractivity contribution in [1.82, 2.24) is 9.55 Å². The molecule has 0 fully saturated rings. The number of rotatable bonds is 5. The molecule has 0 atom stereocenters. The molecule has 0 aliphatic carbocycles. The molecule has 35 heavy (non-hydrogen) atoms. The van der Waals surface area contributed by atoms with Crippen LogP contribution in [-0.4, -0.2) is 30.0 Å². The molecule has 1 aliphatic heterocycles. The fourth-order valence-corrected chi connectivity index (χ4v) is 4.28. The zero-order valence-electron chi connectivity index (χ0n) is 20.6. The first-order valence-corrected chi connectivity index (χ1v) is 11.9. The van der Waals surface area contributed by atoms with Crippen LogP contribution in [0.4, 0.5) is 10.3 Å². The predicted molar refractivity (Wildman–Crippen MR) is 140 cm³/mol. The largest absolute Gasteiger partial charge is 0.493 e. The number of hydrogen-bond donors (Lipinski definition) is 0. The van der Waals surface area contributed by atoms with Crippen molar-refractivity contribution >= 4 is 12.2 Å². The predicted octanol–water partition coefficient (Wildman–Crippen LogP) is 7.10. The quantitative estimate of drug-likeness (QED) is 0.292. The van der Waals surface area contributed by atoms with Crippen LogP contribution < -0.4 is 9.47 Å². The second-order valence-electron chi connectivity index (χ2n) is 7.90. The van der Waals surface area contributed by atoms with E-state index in [9.17, 15) is 4.39 Å². The normalized spacial score (nSPS) is 12.3. The van der Waals surface area contributed by atoms with Gasteiger partial charge in [0.1, 0.15) is 5.82 Å². The van der Waals surface area contributed by atoms with Gasteiger partial charge in [0.05, 0.1) is 25.6 Å². The van der Waals surface area contributed by atoms with Gasteiger partial charge in [0.15, 0.2) is 11.5 Å². The minimum absolute atomic E-state index is 0.269. The van der Waals surface area contributed by atoms with Gasteiger partial charge in [0.2, 0.25) is 5.95 Å². The summed E-state index contributed by atoms with van der Waals surface area (Å²) < 4.78 is 26.6. The standard InChI is InChI=1S/C27H24FN3O2.C2H6/c1-32-23-15-20-9-6-14-31-26(22(20)16-24(23)33-2)25(19-7-4-3-5-8-19)30-27(31)29-17-18-10-12-21(28)13-11-18;1-2/h3-5,7-8,10-13,15-17H,6,9,14H2,1-2H3;1-2H3/b29-17+;. The van der Waals surface area contributed by atoms with Crippen LogP contribution in [-0.2, 0) is 13.0 Å². The van der Waals surface area contributed by atoms with Crippen LogP contribution in [0.1, 0.15) is 31.4 Å². The van der Waals surface area contributed by atoms with Crippen LogP contribution in [0, 0.1) is 5.82 Å². The summed E-state index contributed by atoms with van der Waals surface area (Å²) >= 11 is 0. The number of imidazole rings is 1. The number of hydrogen-bond acceptors (Lipinski definition) is 4. The lowest BCUT2D eigenvalue weighted by Gasteiger charge is -2.14. The van der Waals surface area contributed by atoms with Gasteiger partial charge < -0.3 is 14.0 Å². The number of aryl methyl sites for hydroxylation is 1. The van der Waals surface area contributed by atoms with Crippen molar-refractivity contribution in [2.75, 3.05) is 14.2 Å². The topological polar surface area (TPSA) is 48.6 Å². The van der Waals surface area contributed by atoms with E-state index in [4.69, 9.17) is 19.5 Å². The molecule has 6 heteroatoms. The number of benzene rings is 3. The van der Waals surface area contributed by atoms with E-state index in [0.717, 1.165) is 53.2 Å². The van der Waals surface area contributed by atoms with E-state index < -0.39 is 0 Å². The molecule has 0 saturated heterocycles. The third-order valence-corrected chi connectivity index (χ3v) is 5.89. The lowest BCUT2D eigenvalue weighted by molar-refractivity contribution is 0.354. The van der Waals surface area contributed by atoms with Crippen molar-refractivity contribution in [2.24, 2.45) is 4.99 Å². The molecule has 3 aromatic carbocycles. The third kappa shape index (κ3) is 4.97. The van der Waals surface area contributed by atoms with E-state index >= 15 is 0 Å². The lowest BCUT2D eigenvalue weighted by Crippen LogP contribution is -1.99. The maximum absolute atomic E-state index is 13.3. The van der Waals surface area contributed by atoms with Gasteiger partial charge in [0.25, 0.3) is 0 Å². The lowest BCUT2D eigenvalue weighted by atomic mass is 9.97. The van der Waals surface area contributed by atoms with Crippen molar-refractivity contribution in [3.8, 4) is 34.0 Å². The Morgan fingerprint density at radius 3 is 2.31 bits per heavy atom. The van der Waals surface area contributed by atoms with E-state index in [1.807, 2.05) is 38.1 Å². The summed E-state index contributed by atoms with van der Waals surface area (Å²) in [5, 5.41) is 0. The van der Waals surface area contributed by atoms with Crippen molar-refractivity contribution in [3.63, 3.8) is 0 Å². The van der Waals surface area contributed by atoms with Crippen LogP contribution in [0.5, 0.6) is 11.5 Å². The van der Waals surface area contributed by atoms with E-state index in [0.29, 0.717) is 11.7 Å². The molecule has 5 rings (SSSR count). The molecule has 1 aliphatic rings. The smallest absolute Gasteiger partial charge is 0.230 e. The Morgan fingerprint density at radius 2 is 1.63 bits per heavy atom. The van der Waals surface area contributed by atoms with Gasteiger partial charge in [-0.15, -0.1) is 0 Å². The molecule has 1 aromatic heterocycles. The maximum Gasteiger partial charge on any atom is 0.230 e. The van der Waals surface area contributed by atoms with Crippen molar-refractivity contribution < 1.29 is 13.9 Å². The summed E-state index contributed by atoms with van der Waals surface area (Å²) in [6, 6.07) is 20.5. The molecule has 0 unspecified atom stereocenters. The molecule has 0 bridgehead atoms. The molecular weight excluding hydrogens is 441 g/mol. The van der Waals surface area contributed by atoms with E-state index in [1.165, 1.54) is 17.7 Å². The zero-order valence-corrected chi connectivity index (χ0v) is 20.6. The number of halogens is 1. The van der Waals surface area contributed by atoms with Crippen molar-refractivity contribution in [3.05, 3.63) is 83.7 Å². The highest BCUT2D eigenvalue weighted by atomic mass is 19.1. The monoisotopic (exact) mass is 471 g/mol. The Kier molecular flexibility index (Phi) is 7.60. The van der Waals surface area contributed by atoms with Crippen LogP contribution in [0.15, 0.2) is 71.7 Å². The molecule has 4 aromatic rings. The first-order chi connectivity index (χ1) is 17.2. The molecule has 5 nitrogen and oxygen atoms in total. The summed E-state index contributed by atoms with van der Waals surface area (Å²) in [6.45, 7) is 4.78. The van der Waals surface area contributed by atoms with Crippen molar-refractivity contribution in [1.29, 1.82) is 0 Å². The first-order valence-electron chi connectivity index (χ1n) is 11.9. The highest BCUT2D eigenvalue weighted by Gasteiger charge is 2.25. The number of fused-ring (bicyclic) bond motifs is 3. The summed E-state index contributed by atoms with van der Waals surface area (Å²) in [4.78, 5) is 9.66. The average molecular weight is 472 g/mol. The van der Waals surface area contributed by atoms with E-state index in [2.05, 4.69) is 22.8 Å². The molecular formula is C29H30FN3O2. The summed E-state index contributed by atoms with van der Waals surface area (Å²) in [6.07, 6.45) is 3.58. The highest BCUT2D eigenvalue weighted by Crippen LogP contribution is 2.43. The zero-order chi connectivity index (χ0) is 24.8. The van der Waals surface area contributed by atoms with Gasteiger partial charge in [-0.1, -0.05) is 56.3 Å². The first kappa shape index (κ1) is 24.2. The highest BCUT2D eigenvalue weighted by molar-refractivity contribution is 5.86. The molecule has 180 valence electrons. The number of aromatic nitrogens is 2. The van der Waals surface area contributed by atoms with E-state index in [-0.39, 0.29) is 5.82 Å². The van der Waals surface area contributed by atoms with Gasteiger partial charge >= 0.3 is 0 Å². The minimum atomic E-state index is -0.269. The molecule has 0 radical (unpaired) electrons. The number of nitrogens with zero attached hydrogens (tertiary/aromatic N) is 3. The van der Waals surface area contributed by atoms with Gasteiger partial charge in [-0.3, -0.25) is 0 Å². The van der Waals surface area contributed by atoms with Crippen LogP contribution in [0.25, 0.3) is 22.5 Å². The van der Waals surface area contributed by atoms with Crippen molar-refractivity contribution in [2.45, 2.75) is 33.2 Å². The van der Waals surface area contributed by atoms with Gasteiger partial charge in [-0.05, 0) is 48.2 Å². The second-order valence-corrected chi connectivity index (χ2v) is 7.90. The van der Waals surface area contributed by atoms with Gasteiger partial charge in [-0.25, -0.2) is 14.4 Å². The third-order valence-electron chi connectivity index (χ3n) is 5.89.